The van der Waals surface area contributed by atoms with E-state index in [9.17, 15) is 9.18 Å². The Kier molecular flexibility index (Phi) is 4.37. The first kappa shape index (κ1) is 15.9. The van der Waals surface area contributed by atoms with Gasteiger partial charge in [0, 0.05) is 35.8 Å². The van der Waals surface area contributed by atoms with Crippen molar-refractivity contribution in [2.24, 2.45) is 0 Å². The monoisotopic (exact) mass is 332 g/mol. The fourth-order valence-electron chi connectivity index (χ4n) is 2.30. The topological polar surface area (TPSA) is 92.2 Å². The van der Waals surface area contributed by atoms with E-state index in [0.29, 0.717) is 23.4 Å². The van der Waals surface area contributed by atoms with Crippen molar-refractivity contribution in [2.75, 3.05) is 7.05 Å². The van der Waals surface area contributed by atoms with Gasteiger partial charge in [0.2, 0.25) is 0 Å². The normalized spacial score (nSPS) is 10.8. The highest BCUT2D eigenvalue weighted by atomic mass is 19.1. The molecule has 0 aliphatic rings. The van der Waals surface area contributed by atoms with Gasteiger partial charge in [0.25, 0.3) is 0 Å². The van der Waals surface area contributed by atoms with E-state index in [4.69, 9.17) is 9.26 Å². The molecule has 0 spiro atoms. The number of H-pyrrole nitrogens is 1. The highest BCUT2D eigenvalue weighted by molar-refractivity contribution is 5.82. The number of aryl methyl sites for hydroxylation is 1. The molecule has 2 aromatic heterocycles. The summed E-state index contributed by atoms with van der Waals surface area (Å²) < 4.78 is 24.6. The second kappa shape index (κ2) is 6.61. The summed E-state index contributed by atoms with van der Waals surface area (Å²) in [6.07, 6.45) is 0. The van der Waals surface area contributed by atoms with E-state index in [1.165, 1.54) is 13.1 Å². The van der Waals surface area contributed by atoms with Crippen LogP contribution in [0, 0.1) is 12.7 Å². The van der Waals surface area contributed by atoms with E-state index in [1.807, 2.05) is 0 Å². The van der Waals surface area contributed by atoms with Crippen LogP contribution in [0.4, 0.5) is 9.18 Å². The quantitative estimate of drug-likeness (QED) is 0.670. The third kappa shape index (κ3) is 3.48. The summed E-state index contributed by atoms with van der Waals surface area (Å²) in [5, 5.41) is 9.63. The number of benzene rings is 1. The summed E-state index contributed by atoms with van der Waals surface area (Å²) in [4.78, 5) is 14.3. The second-order valence-electron chi connectivity index (χ2n) is 5.31. The molecule has 7 nitrogen and oxygen atoms in total. The summed E-state index contributed by atoms with van der Waals surface area (Å²) in [7, 11) is 1.54. The first-order valence-corrected chi connectivity index (χ1v) is 7.37. The van der Waals surface area contributed by atoms with Crippen molar-refractivity contribution < 1.29 is 18.4 Å². The predicted molar refractivity (Wildman–Crippen MR) is 85.1 cm³/mol. The molecule has 3 N–H and O–H groups in total. The fraction of sp³-hybridized carbons (Fsp3) is 0.250. The summed E-state index contributed by atoms with van der Waals surface area (Å²) in [6, 6.07) is 6.19. The highest BCUT2D eigenvalue weighted by Gasteiger charge is 2.10. The van der Waals surface area contributed by atoms with Crippen LogP contribution >= 0.6 is 0 Å². The van der Waals surface area contributed by atoms with E-state index < -0.39 is 5.82 Å². The number of nitrogens with one attached hydrogen (secondary N) is 3. The zero-order chi connectivity index (χ0) is 17.1. The van der Waals surface area contributed by atoms with Crippen LogP contribution in [0.15, 0.2) is 28.8 Å². The van der Waals surface area contributed by atoms with Crippen molar-refractivity contribution in [1.29, 1.82) is 0 Å². The number of aromatic amines is 1. The number of hydrogen-bond donors (Lipinski definition) is 3. The molecule has 3 rings (SSSR count). The number of halogens is 1. The van der Waals surface area contributed by atoms with Crippen molar-refractivity contribution in [3.63, 3.8) is 0 Å². The lowest BCUT2D eigenvalue weighted by atomic mass is 10.2. The van der Waals surface area contributed by atoms with Gasteiger partial charge in [-0.15, -0.1) is 0 Å². The number of fused-ring (bicyclic) bond motifs is 1. The van der Waals surface area contributed by atoms with Gasteiger partial charge in [-0.25, -0.2) is 9.18 Å². The molecule has 0 aliphatic heterocycles. The summed E-state index contributed by atoms with van der Waals surface area (Å²) in [5.41, 5.74) is 2.07. The minimum Gasteiger partial charge on any atom is -0.484 e. The van der Waals surface area contributed by atoms with Gasteiger partial charge in [-0.2, -0.15) is 0 Å². The summed E-state index contributed by atoms with van der Waals surface area (Å²) in [6.45, 7) is 2.20. The molecule has 126 valence electrons. The molecule has 0 unspecified atom stereocenters. The molecule has 24 heavy (non-hydrogen) atoms. The van der Waals surface area contributed by atoms with Crippen molar-refractivity contribution in [3.05, 3.63) is 47.2 Å². The minimum atomic E-state index is -0.465. The average molecular weight is 332 g/mol. The summed E-state index contributed by atoms with van der Waals surface area (Å²) in [5.74, 6) is 0.325. The average Bonchev–Trinajstić information content (AvgIpc) is 3.15. The lowest BCUT2D eigenvalue weighted by Gasteiger charge is -2.05. The van der Waals surface area contributed by atoms with Crippen LogP contribution in [0.1, 0.15) is 17.1 Å². The SMILES string of the molecule is CNC(=O)NCc1cc2cc(F)c(OCc3cc(C)on3)cc2[nH]1. The lowest BCUT2D eigenvalue weighted by Crippen LogP contribution is -2.32. The number of aromatic nitrogens is 2. The zero-order valence-corrected chi connectivity index (χ0v) is 13.3. The zero-order valence-electron chi connectivity index (χ0n) is 13.3. The molecule has 0 atom stereocenters. The van der Waals surface area contributed by atoms with E-state index in [0.717, 1.165) is 11.2 Å². The largest absolute Gasteiger partial charge is 0.484 e. The molecular weight excluding hydrogens is 315 g/mol. The molecule has 1 aromatic carbocycles. The van der Waals surface area contributed by atoms with Crippen molar-refractivity contribution >= 4 is 16.9 Å². The number of rotatable bonds is 5. The van der Waals surface area contributed by atoms with Gasteiger partial charge in [-0.3, -0.25) is 0 Å². The van der Waals surface area contributed by atoms with Crippen molar-refractivity contribution in [2.45, 2.75) is 20.1 Å². The van der Waals surface area contributed by atoms with E-state index in [-0.39, 0.29) is 18.4 Å². The molecule has 0 fully saturated rings. The first-order chi connectivity index (χ1) is 11.5. The smallest absolute Gasteiger partial charge is 0.314 e. The van der Waals surface area contributed by atoms with Crippen molar-refractivity contribution in [1.82, 2.24) is 20.8 Å². The van der Waals surface area contributed by atoms with Crippen LogP contribution in [-0.4, -0.2) is 23.2 Å². The van der Waals surface area contributed by atoms with Crippen LogP contribution in [0.2, 0.25) is 0 Å². The van der Waals surface area contributed by atoms with Crippen LogP contribution in [0.5, 0.6) is 5.75 Å². The molecule has 0 radical (unpaired) electrons. The molecule has 2 amide bonds. The van der Waals surface area contributed by atoms with Gasteiger partial charge in [0.1, 0.15) is 18.1 Å². The highest BCUT2D eigenvalue weighted by Crippen LogP contribution is 2.26. The Bertz CT molecular complexity index is 871. The third-order valence-electron chi connectivity index (χ3n) is 3.45. The van der Waals surface area contributed by atoms with Gasteiger partial charge in [-0.1, -0.05) is 5.16 Å². The number of nitrogens with zero attached hydrogens (tertiary/aromatic N) is 1. The lowest BCUT2D eigenvalue weighted by molar-refractivity contribution is 0.242. The Balaban J connectivity index is 1.74. The van der Waals surface area contributed by atoms with Gasteiger partial charge >= 0.3 is 6.03 Å². The van der Waals surface area contributed by atoms with Gasteiger partial charge in [0.05, 0.1) is 6.54 Å². The maximum absolute atomic E-state index is 14.1. The molecule has 2 heterocycles. The Morgan fingerprint density at radius 1 is 1.38 bits per heavy atom. The molecule has 8 heteroatoms. The molecule has 3 aromatic rings. The maximum Gasteiger partial charge on any atom is 0.314 e. The number of ether oxygens (including phenoxy) is 1. The van der Waals surface area contributed by atoms with Gasteiger partial charge in [0.15, 0.2) is 11.6 Å². The van der Waals surface area contributed by atoms with Crippen LogP contribution in [0.3, 0.4) is 0 Å². The molecule has 0 saturated carbocycles. The first-order valence-electron chi connectivity index (χ1n) is 7.37. The Labute approximate surface area is 137 Å². The van der Waals surface area contributed by atoms with Gasteiger partial charge in [-0.05, 0) is 19.1 Å². The maximum atomic E-state index is 14.1. The molecule has 0 saturated heterocycles. The van der Waals surface area contributed by atoms with Crippen LogP contribution in [0.25, 0.3) is 10.9 Å². The Morgan fingerprint density at radius 2 is 2.21 bits per heavy atom. The second-order valence-corrected chi connectivity index (χ2v) is 5.31. The Hall–Kier alpha value is -3.03. The van der Waals surface area contributed by atoms with E-state index >= 15 is 0 Å². The predicted octanol–water partition coefficient (Wildman–Crippen LogP) is 2.61. The van der Waals surface area contributed by atoms with Crippen LogP contribution in [-0.2, 0) is 13.2 Å². The number of hydrogen-bond acceptors (Lipinski definition) is 4. The molecule has 0 bridgehead atoms. The number of carbonyl (C=O) groups excluding carboxylic acids is 1. The van der Waals surface area contributed by atoms with Gasteiger partial charge < -0.3 is 24.9 Å². The molecular formula is C16H17FN4O3. The van der Waals surface area contributed by atoms with Crippen LogP contribution < -0.4 is 15.4 Å². The molecule has 0 aliphatic carbocycles. The third-order valence-corrected chi connectivity index (χ3v) is 3.45. The fourth-order valence-corrected chi connectivity index (χ4v) is 2.30. The standard InChI is InChI=1S/C16H17FN4O3/c1-9-3-12(21-24-9)8-23-15-6-14-10(5-13(15)17)4-11(20-14)7-19-16(22)18-2/h3-6,20H,7-8H2,1-2H3,(H2,18,19,22). The van der Waals surface area contributed by atoms with E-state index in [2.05, 4.69) is 20.8 Å². The van der Waals surface area contributed by atoms with E-state index in [1.54, 1.807) is 25.1 Å². The minimum absolute atomic E-state index is 0.117. The number of carbonyl (C=O) groups is 1. The van der Waals surface area contributed by atoms with Crippen molar-refractivity contribution in [3.8, 4) is 5.75 Å². The number of amides is 2. The summed E-state index contributed by atoms with van der Waals surface area (Å²) >= 11 is 0. The number of urea groups is 1. The Morgan fingerprint density at radius 3 is 2.92 bits per heavy atom.